The quantitative estimate of drug-likeness (QED) is 0.935. The van der Waals surface area contributed by atoms with Gasteiger partial charge in [0.25, 0.3) is 0 Å². The first-order chi connectivity index (χ1) is 10.1. The monoisotopic (exact) mass is 305 g/mol. The molecule has 110 valence electrons. The molecule has 1 aliphatic heterocycles. The van der Waals surface area contributed by atoms with Crippen molar-refractivity contribution in [2.75, 3.05) is 18.6 Å². The standard InChI is InChI=1S/C14H15N3O3S/c1-8-12(15-7-16-13(8)20-2)17-5-3-10-9(4-6-21-10)11(17)14(18)19/h4,6-7,11H,3,5H2,1-2H3,(H,18,19). The van der Waals surface area contributed by atoms with Crippen LogP contribution in [0.1, 0.15) is 22.0 Å². The third-order valence-electron chi connectivity index (χ3n) is 3.68. The van der Waals surface area contributed by atoms with Crippen molar-refractivity contribution in [2.24, 2.45) is 0 Å². The van der Waals surface area contributed by atoms with Gasteiger partial charge in [-0.05, 0) is 30.4 Å². The molecule has 3 rings (SSSR count). The zero-order valence-corrected chi connectivity index (χ0v) is 12.6. The molecule has 1 N–H and O–H groups in total. The normalized spacial score (nSPS) is 17.4. The van der Waals surface area contributed by atoms with E-state index >= 15 is 0 Å². The lowest BCUT2D eigenvalue weighted by atomic mass is 9.99. The Kier molecular flexibility index (Phi) is 3.50. The lowest BCUT2D eigenvalue weighted by molar-refractivity contribution is -0.138. The number of aliphatic carboxylic acids is 1. The molecular weight excluding hydrogens is 290 g/mol. The van der Waals surface area contributed by atoms with Gasteiger partial charge in [-0.3, -0.25) is 0 Å². The number of carboxylic acid groups (broad SMARTS) is 1. The molecule has 2 aromatic heterocycles. The predicted molar refractivity (Wildman–Crippen MR) is 79.1 cm³/mol. The van der Waals surface area contributed by atoms with Crippen LogP contribution in [0.25, 0.3) is 0 Å². The number of nitrogens with zero attached hydrogens (tertiary/aromatic N) is 3. The van der Waals surface area contributed by atoms with Crippen LogP contribution >= 0.6 is 11.3 Å². The summed E-state index contributed by atoms with van der Waals surface area (Å²) in [6, 6.07) is 1.18. The number of rotatable bonds is 3. The van der Waals surface area contributed by atoms with Gasteiger partial charge in [0, 0.05) is 11.4 Å². The molecule has 0 saturated carbocycles. The van der Waals surface area contributed by atoms with E-state index in [1.54, 1.807) is 18.4 Å². The fraction of sp³-hybridized carbons (Fsp3) is 0.357. The summed E-state index contributed by atoms with van der Waals surface area (Å²) in [6.45, 7) is 2.46. The lowest BCUT2D eigenvalue weighted by Crippen LogP contribution is -2.40. The van der Waals surface area contributed by atoms with E-state index in [2.05, 4.69) is 9.97 Å². The molecule has 1 atom stereocenters. The van der Waals surface area contributed by atoms with Gasteiger partial charge in [-0.2, -0.15) is 0 Å². The summed E-state index contributed by atoms with van der Waals surface area (Å²) in [5.74, 6) is 0.220. The number of thiophene rings is 1. The molecule has 0 spiro atoms. The summed E-state index contributed by atoms with van der Waals surface area (Å²) >= 11 is 1.61. The van der Waals surface area contributed by atoms with Gasteiger partial charge < -0.3 is 14.7 Å². The van der Waals surface area contributed by atoms with E-state index in [1.807, 2.05) is 23.3 Å². The molecule has 0 bridgehead atoms. The second kappa shape index (κ2) is 5.33. The molecule has 2 aromatic rings. The van der Waals surface area contributed by atoms with Crippen LogP contribution in [0.4, 0.5) is 5.82 Å². The van der Waals surface area contributed by atoms with Gasteiger partial charge >= 0.3 is 5.97 Å². The van der Waals surface area contributed by atoms with Gasteiger partial charge in [0.1, 0.15) is 12.1 Å². The van der Waals surface area contributed by atoms with E-state index in [9.17, 15) is 9.90 Å². The van der Waals surface area contributed by atoms with Gasteiger partial charge in [-0.25, -0.2) is 14.8 Å². The number of fused-ring (bicyclic) bond motifs is 1. The third kappa shape index (κ3) is 2.23. The van der Waals surface area contributed by atoms with Crippen LogP contribution in [0.3, 0.4) is 0 Å². The van der Waals surface area contributed by atoms with Crippen LogP contribution in [-0.4, -0.2) is 34.7 Å². The van der Waals surface area contributed by atoms with Crippen molar-refractivity contribution in [2.45, 2.75) is 19.4 Å². The topological polar surface area (TPSA) is 75.6 Å². The summed E-state index contributed by atoms with van der Waals surface area (Å²) in [6.07, 6.45) is 2.23. The number of ether oxygens (including phenoxy) is 1. The van der Waals surface area contributed by atoms with Crippen molar-refractivity contribution in [3.63, 3.8) is 0 Å². The first-order valence-electron chi connectivity index (χ1n) is 6.54. The first kappa shape index (κ1) is 13.8. The highest BCUT2D eigenvalue weighted by Crippen LogP contribution is 2.37. The molecule has 1 unspecified atom stereocenters. The zero-order valence-electron chi connectivity index (χ0n) is 11.7. The highest BCUT2D eigenvalue weighted by molar-refractivity contribution is 7.10. The summed E-state index contributed by atoms with van der Waals surface area (Å²) in [5, 5.41) is 11.6. The molecule has 6 nitrogen and oxygen atoms in total. The third-order valence-corrected chi connectivity index (χ3v) is 4.67. The summed E-state index contributed by atoms with van der Waals surface area (Å²) in [5.41, 5.74) is 1.61. The van der Waals surface area contributed by atoms with Crippen molar-refractivity contribution in [1.29, 1.82) is 0 Å². The Hall–Kier alpha value is -2.15. The fourth-order valence-electron chi connectivity index (χ4n) is 2.73. The molecular formula is C14H15N3O3S. The van der Waals surface area contributed by atoms with E-state index in [4.69, 9.17) is 4.74 Å². The fourth-order valence-corrected chi connectivity index (χ4v) is 3.64. The van der Waals surface area contributed by atoms with E-state index in [-0.39, 0.29) is 0 Å². The van der Waals surface area contributed by atoms with Crippen molar-refractivity contribution in [1.82, 2.24) is 9.97 Å². The van der Waals surface area contributed by atoms with Gasteiger partial charge in [0.05, 0.1) is 12.7 Å². The molecule has 3 heterocycles. The number of hydrogen-bond donors (Lipinski definition) is 1. The van der Waals surface area contributed by atoms with Crippen molar-refractivity contribution in [3.05, 3.63) is 33.8 Å². The minimum Gasteiger partial charge on any atom is -0.481 e. The Bertz CT molecular complexity index is 686. The van der Waals surface area contributed by atoms with Crippen molar-refractivity contribution in [3.8, 4) is 5.88 Å². The average molecular weight is 305 g/mol. The van der Waals surface area contributed by atoms with Crippen LogP contribution in [0.15, 0.2) is 17.8 Å². The second-order valence-electron chi connectivity index (χ2n) is 4.81. The SMILES string of the molecule is COc1ncnc(N2CCc3sccc3C2C(=O)O)c1C. The maximum Gasteiger partial charge on any atom is 0.331 e. The van der Waals surface area contributed by atoms with E-state index in [0.29, 0.717) is 18.2 Å². The molecule has 7 heteroatoms. The molecule has 21 heavy (non-hydrogen) atoms. The van der Waals surface area contributed by atoms with Gasteiger partial charge in [0.2, 0.25) is 5.88 Å². The maximum absolute atomic E-state index is 11.8. The van der Waals surface area contributed by atoms with Crippen molar-refractivity contribution < 1.29 is 14.6 Å². The Morgan fingerprint density at radius 1 is 1.52 bits per heavy atom. The smallest absolute Gasteiger partial charge is 0.331 e. The Balaban J connectivity index is 2.08. The van der Waals surface area contributed by atoms with Crippen LogP contribution in [0.2, 0.25) is 0 Å². The number of carboxylic acids is 1. The van der Waals surface area contributed by atoms with Crippen molar-refractivity contribution >= 4 is 23.1 Å². The van der Waals surface area contributed by atoms with E-state index < -0.39 is 12.0 Å². The Morgan fingerprint density at radius 3 is 3.05 bits per heavy atom. The Labute approximate surface area is 126 Å². The number of aromatic nitrogens is 2. The molecule has 0 saturated heterocycles. The molecule has 0 fully saturated rings. The second-order valence-corrected chi connectivity index (χ2v) is 5.82. The summed E-state index contributed by atoms with van der Waals surface area (Å²) in [4.78, 5) is 23.0. The van der Waals surface area contributed by atoms with Crippen LogP contribution in [0, 0.1) is 6.92 Å². The number of methoxy groups -OCH3 is 1. The predicted octanol–water partition coefficient (Wildman–Crippen LogP) is 2.04. The largest absolute Gasteiger partial charge is 0.481 e. The van der Waals surface area contributed by atoms with E-state index in [1.165, 1.54) is 6.33 Å². The summed E-state index contributed by atoms with van der Waals surface area (Å²) in [7, 11) is 1.54. The summed E-state index contributed by atoms with van der Waals surface area (Å²) < 4.78 is 5.20. The Morgan fingerprint density at radius 2 is 2.33 bits per heavy atom. The number of hydrogen-bond acceptors (Lipinski definition) is 6. The minimum absolute atomic E-state index is 0.472. The van der Waals surface area contributed by atoms with Crippen LogP contribution in [0.5, 0.6) is 5.88 Å². The van der Waals surface area contributed by atoms with E-state index in [0.717, 1.165) is 22.4 Å². The average Bonchev–Trinajstić information content (AvgIpc) is 2.94. The lowest BCUT2D eigenvalue weighted by Gasteiger charge is -2.34. The zero-order chi connectivity index (χ0) is 15.0. The van der Waals surface area contributed by atoms with Crippen LogP contribution in [-0.2, 0) is 11.2 Å². The van der Waals surface area contributed by atoms with Gasteiger partial charge in [-0.1, -0.05) is 0 Å². The molecule has 0 aromatic carbocycles. The molecule has 0 amide bonds. The molecule has 0 aliphatic carbocycles. The molecule has 1 aliphatic rings. The molecule has 0 radical (unpaired) electrons. The van der Waals surface area contributed by atoms with Gasteiger partial charge in [-0.15, -0.1) is 11.3 Å². The number of carbonyl (C=O) groups is 1. The minimum atomic E-state index is -0.869. The van der Waals surface area contributed by atoms with Crippen LogP contribution < -0.4 is 9.64 Å². The highest BCUT2D eigenvalue weighted by atomic mass is 32.1. The number of anilines is 1. The highest BCUT2D eigenvalue weighted by Gasteiger charge is 2.35. The first-order valence-corrected chi connectivity index (χ1v) is 7.42. The van der Waals surface area contributed by atoms with Gasteiger partial charge in [0.15, 0.2) is 6.04 Å². The maximum atomic E-state index is 11.8.